The van der Waals surface area contributed by atoms with Crippen LogP contribution in [0.1, 0.15) is 22.3 Å². The zero-order valence-electron chi connectivity index (χ0n) is 19.2. The number of hydrogen-bond acceptors (Lipinski definition) is 0. The third-order valence-corrected chi connectivity index (χ3v) is 5.15. The standard InChI is InChI=1S/C26H21Si.C5H5.Fe/c1-27(2,3)21-20-26-18-16-25(17-19-26)15-14-24-12-10-23(11-13-24)9-8-22-6-4-5-7-22;1-2-4-5-3-1;/h4-7,10-13,16-19H,1-3H3;1-5H;/q;;+2. The minimum atomic E-state index is -1.34. The van der Waals surface area contributed by atoms with E-state index in [0.29, 0.717) is 0 Å². The molecule has 0 atom stereocenters. The van der Waals surface area contributed by atoms with E-state index in [9.17, 15) is 0 Å². The van der Waals surface area contributed by atoms with Crippen LogP contribution in [-0.2, 0) is 17.1 Å². The van der Waals surface area contributed by atoms with Crippen LogP contribution in [0.4, 0.5) is 0 Å². The van der Waals surface area contributed by atoms with E-state index in [0.717, 1.165) is 28.2 Å². The first-order valence-electron chi connectivity index (χ1n) is 10.6. The van der Waals surface area contributed by atoms with Crippen molar-refractivity contribution >= 4 is 8.07 Å². The molecule has 2 aromatic carbocycles. The molecule has 0 aliphatic heterocycles. The van der Waals surface area contributed by atoms with Gasteiger partial charge in [0.05, 0.1) is 5.92 Å². The average Bonchev–Trinajstić information content (AvgIpc) is 3.53. The SMILES string of the molecule is C[Si](C)(C)C#Cc1ccc(C#Cc2ccc(C#C[C]3[CH][CH][CH][CH]3)cc2)cc1.[CH]1[CH][CH][CH][CH]1.[Fe+2]. The van der Waals surface area contributed by atoms with Gasteiger partial charge < -0.3 is 0 Å². The Morgan fingerprint density at radius 3 is 1.15 bits per heavy atom. The first-order chi connectivity index (χ1) is 15.5. The van der Waals surface area contributed by atoms with E-state index in [1.54, 1.807) is 0 Å². The summed E-state index contributed by atoms with van der Waals surface area (Å²) in [5, 5.41) is 0. The van der Waals surface area contributed by atoms with E-state index in [2.05, 4.69) is 54.8 Å². The summed E-state index contributed by atoms with van der Waals surface area (Å²) in [5.41, 5.74) is 7.40. The van der Waals surface area contributed by atoms with E-state index in [1.807, 2.05) is 106 Å². The Balaban J connectivity index is 0.000000568. The van der Waals surface area contributed by atoms with Crippen LogP contribution in [0.15, 0.2) is 48.5 Å². The van der Waals surface area contributed by atoms with Gasteiger partial charge in [-0.05, 0) is 106 Å². The van der Waals surface area contributed by atoms with Crippen molar-refractivity contribution in [2.24, 2.45) is 0 Å². The molecule has 160 valence electrons. The zero-order valence-corrected chi connectivity index (χ0v) is 21.3. The zero-order chi connectivity index (χ0) is 22.7. The predicted octanol–water partition coefficient (Wildman–Crippen LogP) is 6.09. The topological polar surface area (TPSA) is 0 Å². The maximum atomic E-state index is 3.38. The Labute approximate surface area is 213 Å². The fourth-order valence-electron chi connectivity index (χ4n) is 2.60. The van der Waals surface area contributed by atoms with Crippen LogP contribution >= 0.6 is 0 Å². The van der Waals surface area contributed by atoms with Gasteiger partial charge in [-0.25, -0.2) is 0 Å². The third kappa shape index (κ3) is 11.0. The second-order valence-corrected chi connectivity index (χ2v) is 13.0. The maximum Gasteiger partial charge on any atom is 2.00 e. The van der Waals surface area contributed by atoms with Crippen LogP contribution in [0.5, 0.6) is 0 Å². The minimum Gasteiger partial charge on any atom is -0.127 e. The third-order valence-electron chi connectivity index (χ3n) is 4.27. The normalized spacial score (nSPS) is 14.8. The van der Waals surface area contributed by atoms with Gasteiger partial charge in [-0.1, -0.05) is 49.2 Å². The molecule has 2 fully saturated rings. The van der Waals surface area contributed by atoms with Crippen LogP contribution in [0.2, 0.25) is 19.6 Å². The summed E-state index contributed by atoms with van der Waals surface area (Å²) in [6.45, 7) is 6.75. The van der Waals surface area contributed by atoms with E-state index < -0.39 is 8.07 Å². The molecule has 2 aliphatic rings. The van der Waals surface area contributed by atoms with Gasteiger partial charge in [0.15, 0.2) is 0 Å². The first-order valence-corrected chi connectivity index (χ1v) is 14.1. The van der Waals surface area contributed by atoms with Gasteiger partial charge >= 0.3 is 17.1 Å². The predicted molar refractivity (Wildman–Crippen MR) is 138 cm³/mol. The summed E-state index contributed by atoms with van der Waals surface area (Å²) >= 11 is 0. The van der Waals surface area contributed by atoms with Crippen molar-refractivity contribution in [1.29, 1.82) is 0 Å². The second kappa shape index (κ2) is 14.2. The van der Waals surface area contributed by atoms with Crippen molar-refractivity contribution in [3.05, 3.63) is 134 Å². The molecule has 0 spiro atoms. The molecule has 0 nitrogen and oxygen atoms in total. The number of hydrogen-bond donors (Lipinski definition) is 0. The van der Waals surface area contributed by atoms with E-state index in [1.165, 1.54) is 0 Å². The fourth-order valence-corrected chi connectivity index (χ4v) is 3.12. The average molecular weight is 482 g/mol. The molecule has 0 saturated heterocycles. The molecule has 0 heterocycles. The molecule has 0 aromatic heterocycles. The summed E-state index contributed by atoms with van der Waals surface area (Å²) in [6, 6.07) is 16.2. The van der Waals surface area contributed by atoms with Gasteiger partial charge in [0.25, 0.3) is 0 Å². The molecule has 0 N–H and O–H groups in total. The number of rotatable bonds is 0. The van der Waals surface area contributed by atoms with Gasteiger partial charge in [-0.15, -0.1) is 5.54 Å². The molecule has 2 saturated carbocycles. The van der Waals surface area contributed by atoms with Crippen molar-refractivity contribution in [3.8, 4) is 35.1 Å². The molecule has 2 aromatic rings. The molecule has 33 heavy (non-hydrogen) atoms. The Kier molecular flexibility index (Phi) is 11.7. The summed E-state index contributed by atoms with van der Waals surface area (Å²) in [7, 11) is -1.34. The monoisotopic (exact) mass is 482 g/mol. The van der Waals surface area contributed by atoms with Crippen molar-refractivity contribution in [3.63, 3.8) is 0 Å². The smallest absolute Gasteiger partial charge is 0.127 e. The van der Waals surface area contributed by atoms with Crippen molar-refractivity contribution < 1.29 is 17.1 Å². The Morgan fingerprint density at radius 1 is 0.455 bits per heavy atom. The van der Waals surface area contributed by atoms with Gasteiger partial charge in [-0.2, -0.15) is 0 Å². The first kappa shape index (κ1) is 27.1. The molecule has 0 bridgehead atoms. The Hall–Kier alpha value is -2.14. The van der Waals surface area contributed by atoms with Gasteiger partial charge in [0, 0.05) is 22.3 Å². The molecule has 2 aliphatic carbocycles. The van der Waals surface area contributed by atoms with Crippen molar-refractivity contribution in [2.45, 2.75) is 19.6 Å². The van der Waals surface area contributed by atoms with Crippen molar-refractivity contribution in [2.75, 3.05) is 0 Å². The van der Waals surface area contributed by atoms with Crippen LogP contribution < -0.4 is 0 Å². The van der Waals surface area contributed by atoms with Gasteiger partial charge in [0.2, 0.25) is 0 Å². The summed E-state index contributed by atoms with van der Waals surface area (Å²) < 4.78 is 0. The van der Waals surface area contributed by atoms with Crippen LogP contribution in [0.25, 0.3) is 0 Å². The van der Waals surface area contributed by atoms with E-state index >= 15 is 0 Å². The maximum absolute atomic E-state index is 3.38. The molecule has 10 radical (unpaired) electrons. The molecule has 0 amide bonds. The second-order valence-electron chi connectivity index (χ2n) is 8.29. The quantitative estimate of drug-likeness (QED) is 0.315. The van der Waals surface area contributed by atoms with E-state index in [4.69, 9.17) is 0 Å². The van der Waals surface area contributed by atoms with Crippen molar-refractivity contribution in [1.82, 2.24) is 0 Å². The summed E-state index contributed by atoms with van der Waals surface area (Å²) in [5.74, 6) is 17.0. The Bertz CT molecular complexity index is 1020. The van der Waals surface area contributed by atoms with E-state index in [-0.39, 0.29) is 17.1 Å². The van der Waals surface area contributed by atoms with Gasteiger partial charge in [-0.3, -0.25) is 0 Å². The largest absolute Gasteiger partial charge is 2.00 e. The van der Waals surface area contributed by atoms with Crippen LogP contribution in [0, 0.1) is 98.9 Å². The molecular weight excluding hydrogens is 456 g/mol. The molecule has 4 rings (SSSR count). The molecule has 0 unspecified atom stereocenters. The van der Waals surface area contributed by atoms with Gasteiger partial charge in [0.1, 0.15) is 8.07 Å². The fraction of sp³-hybridized carbons (Fsp3) is 0.0968. The molecule has 2 heteroatoms. The summed E-state index contributed by atoms with van der Waals surface area (Å²) in [6.07, 6.45) is 18.0. The summed E-state index contributed by atoms with van der Waals surface area (Å²) in [4.78, 5) is 0. The van der Waals surface area contributed by atoms with Crippen LogP contribution in [-0.4, -0.2) is 8.07 Å². The Morgan fingerprint density at radius 2 is 0.788 bits per heavy atom. The number of benzene rings is 2. The molecular formula is C31H26FeSi+2. The van der Waals surface area contributed by atoms with Crippen LogP contribution in [0.3, 0.4) is 0 Å². The minimum absolute atomic E-state index is 0.